The minimum absolute atomic E-state index is 0.0353. The van der Waals surface area contributed by atoms with Gasteiger partial charge < -0.3 is 15.4 Å². The third kappa shape index (κ3) is 5.28. The molecule has 0 radical (unpaired) electrons. The number of nitrogens with zero attached hydrogens (tertiary/aromatic N) is 1. The van der Waals surface area contributed by atoms with Crippen molar-refractivity contribution in [2.45, 2.75) is 51.4 Å². The van der Waals surface area contributed by atoms with Crippen molar-refractivity contribution < 1.29 is 14.3 Å². The van der Waals surface area contributed by atoms with E-state index in [2.05, 4.69) is 15.5 Å². The van der Waals surface area contributed by atoms with Crippen LogP contribution >= 0.6 is 11.3 Å². The number of rotatable bonds is 6. The van der Waals surface area contributed by atoms with Gasteiger partial charge in [-0.25, -0.2) is 0 Å². The fourth-order valence-electron chi connectivity index (χ4n) is 4.49. The lowest BCUT2D eigenvalue weighted by molar-refractivity contribution is -0.117. The number of aryl methyl sites for hydroxylation is 1. The van der Waals surface area contributed by atoms with E-state index < -0.39 is 0 Å². The van der Waals surface area contributed by atoms with Gasteiger partial charge >= 0.3 is 0 Å². The summed E-state index contributed by atoms with van der Waals surface area (Å²) in [5.74, 6) is 0.396. The van der Waals surface area contributed by atoms with Crippen LogP contribution in [0.2, 0.25) is 0 Å². The summed E-state index contributed by atoms with van der Waals surface area (Å²) in [6, 6.07) is 7.39. The summed E-state index contributed by atoms with van der Waals surface area (Å²) in [6.07, 6.45) is 8.81. The van der Waals surface area contributed by atoms with E-state index >= 15 is 0 Å². The zero-order valence-electron chi connectivity index (χ0n) is 18.2. The molecule has 31 heavy (non-hydrogen) atoms. The highest BCUT2D eigenvalue weighted by molar-refractivity contribution is 7.17. The number of likely N-dealkylation sites (tertiary alicyclic amines) is 1. The Morgan fingerprint density at radius 3 is 2.52 bits per heavy atom. The SMILES string of the molecule is COc1ccccc1NC(=O)c1c(NC(=O)CN2CCCCCC2)sc2c1CCCC2. The molecular weight excluding hydrogens is 410 g/mol. The zero-order chi connectivity index (χ0) is 21.6. The molecule has 0 bridgehead atoms. The third-order valence-corrected chi connectivity index (χ3v) is 7.28. The first-order valence-electron chi connectivity index (χ1n) is 11.3. The number of benzene rings is 1. The normalized spacial score (nSPS) is 16.8. The topological polar surface area (TPSA) is 70.7 Å². The second kappa shape index (κ2) is 10.3. The van der Waals surface area contributed by atoms with Gasteiger partial charge in [0.1, 0.15) is 10.8 Å². The summed E-state index contributed by atoms with van der Waals surface area (Å²) < 4.78 is 5.38. The Kier molecular flexibility index (Phi) is 7.25. The number of anilines is 2. The largest absolute Gasteiger partial charge is 0.495 e. The second-order valence-electron chi connectivity index (χ2n) is 8.31. The zero-order valence-corrected chi connectivity index (χ0v) is 19.0. The van der Waals surface area contributed by atoms with E-state index in [9.17, 15) is 9.59 Å². The van der Waals surface area contributed by atoms with Crippen molar-refractivity contribution in [2.75, 3.05) is 37.4 Å². The molecule has 7 heteroatoms. The molecule has 2 amide bonds. The molecule has 0 atom stereocenters. The minimum atomic E-state index is -0.186. The number of carbonyl (C=O) groups excluding carboxylic acids is 2. The van der Waals surface area contributed by atoms with Crippen molar-refractivity contribution in [3.8, 4) is 5.75 Å². The van der Waals surface area contributed by atoms with Crippen molar-refractivity contribution in [3.05, 3.63) is 40.3 Å². The predicted octanol–water partition coefficient (Wildman–Crippen LogP) is 4.70. The molecule has 0 unspecified atom stereocenters. The van der Waals surface area contributed by atoms with E-state index in [1.165, 1.54) is 17.7 Å². The summed E-state index contributed by atoms with van der Waals surface area (Å²) in [5.41, 5.74) is 2.34. The second-order valence-corrected chi connectivity index (χ2v) is 9.41. The van der Waals surface area contributed by atoms with Crippen LogP contribution in [-0.4, -0.2) is 43.5 Å². The Morgan fingerprint density at radius 1 is 1.00 bits per heavy atom. The van der Waals surface area contributed by atoms with Crippen molar-refractivity contribution in [3.63, 3.8) is 0 Å². The molecule has 0 saturated carbocycles. The molecule has 1 aliphatic carbocycles. The number of hydrogen-bond donors (Lipinski definition) is 2. The molecule has 4 rings (SSSR count). The molecule has 166 valence electrons. The van der Waals surface area contributed by atoms with Crippen molar-refractivity contribution >= 4 is 33.8 Å². The van der Waals surface area contributed by atoms with Crippen LogP contribution < -0.4 is 15.4 Å². The molecule has 2 N–H and O–H groups in total. The summed E-state index contributed by atoms with van der Waals surface area (Å²) in [6.45, 7) is 2.32. The average molecular weight is 442 g/mol. The van der Waals surface area contributed by atoms with Gasteiger partial charge in [-0.1, -0.05) is 25.0 Å². The number of thiophene rings is 1. The fourth-order valence-corrected chi connectivity index (χ4v) is 5.79. The number of nitrogens with one attached hydrogen (secondary N) is 2. The predicted molar refractivity (Wildman–Crippen MR) is 125 cm³/mol. The molecule has 1 aromatic carbocycles. The van der Waals surface area contributed by atoms with Gasteiger partial charge in [0.15, 0.2) is 0 Å². The minimum Gasteiger partial charge on any atom is -0.495 e. The van der Waals surface area contributed by atoms with Crippen LogP contribution in [0.1, 0.15) is 59.3 Å². The Bertz CT molecular complexity index is 932. The van der Waals surface area contributed by atoms with Crippen LogP contribution in [0.15, 0.2) is 24.3 Å². The van der Waals surface area contributed by atoms with E-state index in [4.69, 9.17) is 4.74 Å². The number of ether oxygens (including phenoxy) is 1. The van der Waals surface area contributed by atoms with Crippen LogP contribution in [0.5, 0.6) is 5.75 Å². The molecule has 1 saturated heterocycles. The van der Waals surface area contributed by atoms with Crippen molar-refractivity contribution in [1.82, 2.24) is 4.90 Å². The molecule has 1 aliphatic heterocycles. The molecule has 1 aromatic heterocycles. The van der Waals surface area contributed by atoms with Crippen LogP contribution in [0, 0.1) is 0 Å². The molecule has 6 nitrogen and oxygen atoms in total. The van der Waals surface area contributed by atoms with Gasteiger partial charge in [0.2, 0.25) is 5.91 Å². The number of fused-ring (bicyclic) bond motifs is 1. The summed E-state index contributed by atoms with van der Waals surface area (Å²) >= 11 is 1.56. The van der Waals surface area contributed by atoms with Gasteiger partial charge in [-0.3, -0.25) is 14.5 Å². The maximum Gasteiger partial charge on any atom is 0.259 e. The van der Waals surface area contributed by atoms with Gasteiger partial charge in [-0.2, -0.15) is 0 Å². The molecular formula is C24H31N3O3S. The van der Waals surface area contributed by atoms with E-state index in [1.807, 2.05) is 24.3 Å². The maximum absolute atomic E-state index is 13.3. The van der Waals surface area contributed by atoms with E-state index in [-0.39, 0.29) is 11.8 Å². The number of carbonyl (C=O) groups is 2. The summed E-state index contributed by atoms with van der Waals surface area (Å²) in [7, 11) is 1.59. The van der Waals surface area contributed by atoms with E-state index in [0.717, 1.165) is 57.2 Å². The average Bonchev–Trinajstić information content (AvgIpc) is 2.93. The van der Waals surface area contributed by atoms with Crippen LogP contribution in [0.4, 0.5) is 10.7 Å². The fraction of sp³-hybridized carbons (Fsp3) is 0.500. The highest BCUT2D eigenvalue weighted by atomic mass is 32.1. The first-order chi connectivity index (χ1) is 15.2. The Morgan fingerprint density at radius 2 is 1.74 bits per heavy atom. The third-order valence-electron chi connectivity index (χ3n) is 6.07. The maximum atomic E-state index is 13.3. The van der Waals surface area contributed by atoms with Gasteiger partial charge in [0.05, 0.1) is 24.9 Å². The lowest BCUT2D eigenvalue weighted by Gasteiger charge is -2.19. The number of hydrogen-bond acceptors (Lipinski definition) is 5. The Hall–Kier alpha value is -2.38. The highest BCUT2D eigenvalue weighted by Gasteiger charge is 2.27. The first-order valence-corrected chi connectivity index (χ1v) is 12.1. The smallest absolute Gasteiger partial charge is 0.259 e. The Balaban J connectivity index is 1.54. The highest BCUT2D eigenvalue weighted by Crippen LogP contribution is 2.39. The van der Waals surface area contributed by atoms with Crippen molar-refractivity contribution in [2.24, 2.45) is 0 Å². The monoisotopic (exact) mass is 441 g/mol. The van der Waals surface area contributed by atoms with Crippen LogP contribution in [0.25, 0.3) is 0 Å². The van der Waals surface area contributed by atoms with Gasteiger partial charge in [-0.15, -0.1) is 11.3 Å². The van der Waals surface area contributed by atoms with Crippen LogP contribution in [0.3, 0.4) is 0 Å². The van der Waals surface area contributed by atoms with Crippen molar-refractivity contribution in [1.29, 1.82) is 0 Å². The number of para-hydroxylation sites is 2. The molecule has 0 spiro atoms. The molecule has 2 aromatic rings. The molecule has 2 aliphatic rings. The summed E-state index contributed by atoms with van der Waals surface area (Å²) in [5, 5.41) is 6.75. The number of amides is 2. The molecule has 2 heterocycles. The van der Waals surface area contributed by atoms with Gasteiger partial charge in [0.25, 0.3) is 5.91 Å². The van der Waals surface area contributed by atoms with E-state index in [0.29, 0.717) is 28.5 Å². The lowest BCUT2D eigenvalue weighted by atomic mass is 9.95. The number of methoxy groups -OCH3 is 1. The lowest BCUT2D eigenvalue weighted by Crippen LogP contribution is -2.34. The van der Waals surface area contributed by atoms with Gasteiger partial charge in [-0.05, 0) is 69.3 Å². The summed E-state index contributed by atoms with van der Waals surface area (Å²) in [4.78, 5) is 29.6. The Labute approximate surface area is 188 Å². The van der Waals surface area contributed by atoms with E-state index in [1.54, 1.807) is 18.4 Å². The first kappa shape index (κ1) is 21.8. The van der Waals surface area contributed by atoms with Crippen LogP contribution in [-0.2, 0) is 17.6 Å². The van der Waals surface area contributed by atoms with Gasteiger partial charge in [0, 0.05) is 4.88 Å². The quantitative estimate of drug-likeness (QED) is 0.682. The molecule has 1 fully saturated rings. The standard InChI is InChI=1S/C24H31N3O3S/c1-30-19-12-6-5-11-18(19)25-23(29)22-17-10-4-7-13-20(17)31-24(22)26-21(28)16-27-14-8-2-3-9-15-27/h5-6,11-12H,2-4,7-10,13-16H2,1H3,(H,25,29)(H,26,28).